The Morgan fingerprint density at radius 1 is 1.05 bits per heavy atom. The summed E-state index contributed by atoms with van der Waals surface area (Å²) in [6.45, 7) is 6.83. The van der Waals surface area contributed by atoms with Crippen molar-refractivity contribution in [3.05, 3.63) is 0 Å². The average molecular weight is 310 g/mol. The third-order valence-corrected chi connectivity index (χ3v) is 4.86. The van der Waals surface area contributed by atoms with Crippen LogP contribution in [-0.2, 0) is 4.74 Å². The zero-order chi connectivity index (χ0) is 16.0. The Balaban J connectivity index is 1.58. The van der Waals surface area contributed by atoms with Gasteiger partial charge in [0.2, 0.25) is 0 Å². The zero-order valence-corrected chi connectivity index (χ0v) is 14.6. The lowest BCUT2D eigenvalue weighted by Gasteiger charge is -2.23. The van der Waals surface area contributed by atoms with E-state index in [2.05, 4.69) is 10.6 Å². The van der Waals surface area contributed by atoms with Gasteiger partial charge in [-0.25, -0.2) is 4.79 Å². The monoisotopic (exact) mass is 310 g/mol. The van der Waals surface area contributed by atoms with Crippen LogP contribution in [0.3, 0.4) is 0 Å². The van der Waals surface area contributed by atoms with Gasteiger partial charge in [0, 0.05) is 12.1 Å². The van der Waals surface area contributed by atoms with Crippen LogP contribution in [-0.4, -0.2) is 30.3 Å². The number of alkyl carbamates (subject to hydrolysis) is 1. The van der Waals surface area contributed by atoms with Gasteiger partial charge in [-0.2, -0.15) is 0 Å². The summed E-state index contributed by atoms with van der Waals surface area (Å²) in [4.78, 5) is 11.8. The lowest BCUT2D eigenvalue weighted by Crippen LogP contribution is -2.39. The molecule has 2 rings (SSSR count). The molecule has 2 aliphatic carbocycles. The summed E-state index contributed by atoms with van der Waals surface area (Å²) < 4.78 is 5.32. The van der Waals surface area contributed by atoms with Crippen LogP contribution in [0.15, 0.2) is 0 Å². The van der Waals surface area contributed by atoms with E-state index in [1.807, 2.05) is 20.8 Å². The van der Waals surface area contributed by atoms with E-state index in [4.69, 9.17) is 4.74 Å². The van der Waals surface area contributed by atoms with Gasteiger partial charge in [0.15, 0.2) is 0 Å². The van der Waals surface area contributed by atoms with Gasteiger partial charge in [0.25, 0.3) is 0 Å². The van der Waals surface area contributed by atoms with Gasteiger partial charge in [-0.05, 0) is 58.9 Å². The SMILES string of the molecule is CC(C)(C)OC(=O)NC1CCC(NCCC2CCCCC2)C1. The quantitative estimate of drug-likeness (QED) is 0.807. The van der Waals surface area contributed by atoms with Crippen LogP contribution < -0.4 is 10.6 Å². The molecular weight excluding hydrogens is 276 g/mol. The number of rotatable bonds is 5. The summed E-state index contributed by atoms with van der Waals surface area (Å²) in [7, 11) is 0. The first-order chi connectivity index (χ1) is 10.4. The highest BCUT2D eigenvalue weighted by atomic mass is 16.6. The highest BCUT2D eigenvalue weighted by Crippen LogP contribution is 2.26. The fourth-order valence-corrected chi connectivity index (χ4v) is 3.74. The van der Waals surface area contributed by atoms with Crippen molar-refractivity contribution in [2.75, 3.05) is 6.54 Å². The molecule has 128 valence electrons. The second-order valence-electron chi connectivity index (χ2n) is 8.10. The molecule has 2 unspecified atom stereocenters. The van der Waals surface area contributed by atoms with E-state index in [1.165, 1.54) is 38.5 Å². The Hall–Kier alpha value is -0.770. The molecule has 0 spiro atoms. The molecule has 4 heteroatoms. The van der Waals surface area contributed by atoms with Gasteiger partial charge in [-0.15, -0.1) is 0 Å². The molecule has 2 aliphatic rings. The summed E-state index contributed by atoms with van der Waals surface area (Å²) in [5.41, 5.74) is -0.416. The molecule has 0 aromatic rings. The number of carbonyl (C=O) groups is 1. The molecule has 0 bridgehead atoms. The van der Waals surface area contributed by atoms with Gasteiger partial charge < -0.3 is 15.4 Å². The van der Waals surface area contributed by atoms with E-state index in [0.717, 1.165) is 31.7 Å². The van der Waals surface area contributed by atoms with Crippen LogP contribution in [0.1, 0.15) is 78.6 Å². The van der Waals surface area contributed by atoms with E-state index in [0.29, 0.717) is 6.04 Å². The molecule has 1 amide bonds. The van der Waals surface area contributed by atoms with E-state index in [1.54, 1.807) is 0 Å². The Kier molecular flexibility index (Phi) is 6.54. The minimum absolute atomic E-state index is 0.266. The van der Waals surface area contributed by atoms with Crippen molar-refractivity contribution in [3.8, 4) is 0 Å². The standard InChI is InChI=1S/C18H34N2O2/c1-18(2,3)22-17(21)20-16-10-9-15(13-16)19-12-11-14-7-5-4-6-8-14/h14-16,19H,4-13H2,1-3H3,(H,20,21). The Labute approximate surface area is 135 Å². The van der Waals surface area contributed by atoms with Gasteiger partial charge in [-0.1, -0.05) is 32.1 Å². The Bertz CT molecular complexity index is 345. The third-order valence-electron chi connectivity index (χ3n) is 4.86. The van der Waals surface area contributed by atoms with Crippen molar-refractivity contribution in [2.45, 2.75) is 96.2 Å². The topological polar surface area (TPSA) is 50.4 Å². The number of hydrogen-bond donors (Lipinski definition) is 2. The minimum atomic E-state index is -0.416. The molecule has 22 heavy (non-hydrogen) atoms. The van der Waals surface area contributed by atoms with E-state index in [-0.39, 0.29) is 12.1 Å². The predicted molar refractivity (Wildman–Crippen MR) is 90.0 cm³/mol. The maximum Gasteiger partial charge on any atom is 0.407 e. The molecule has 2 N–H and O–H groups in total. The highest BCUT2D eigenvalue weighted by molar-refractivity contribution is 5.68. The summed E-state index contributed by atoms with van der Waals surface area (Å²) in [5.74, 6) is 0.943. The summed E-state index contributed by atoms with van der Waals surface area (Å²) in [6.07, 6.45) is 11.4. The van der Waals surface area contributed by atoms with Crippen LogP contribution in [0, 0.1) is 5.92 Å². The maximum atomic E-state index is 11.8. The van der Waals surface area contributed by atoms with E-state index >= 15 is 0 Å². The fourth-order valence-electron chi connectivity index (χ4n) is 3.74. The summed E-state index contributed by atoms with van der Waals surface area (Å²) >= 11 is 0. The van der Waals surface area contributed by atoms with Crippen molar-refractivity contribution in [3.63, 3.8) is 0 Å². The van der Waals surface area contributed by atoms with E-state index < -0.39 is 5.60 Å². The van der Waals surface area contributed by atoms with Crippen molar-refractivity contribution in [1.29, 1.82) is 0 Å². The van der Waals surface area contributed by atoms with Crippen LogP contribution in [0.25, 0.3) is 0 Å². The van der Waals surface area contributed by atoms with Gasteiger partial charge in [0.05, 0.1) is 0 Å². The third kappa shape index (κ3) is 6.55. The number of amides is 1. The largest absolute Gasteiger partial charge is 0.444 e. The van der Waals surface area contributed by atoms with Gasteiger partial charge in [0.1, 0.15) is 5.60 Å². The average Bonchev–Trinajstić information content (AvgIpc) is 2.85. The van der Waals surface area contributed by atoms with Crippen molar-refractivity contribution in [2.24, 2.45) is 5.92 Å². The predicted octanol–water partition coefficient (Wildman–Crippen LogP) is 3.99. The first-order valence-electron chi connectivity index (χ1n) is 9.15. The van der Waals surface area contributed by atoms with Crippen LogP contribution in [0.2, 0.25) is 0 Å². The van der Waals surface area contributed by atoms with Crippen molar-refractivity contribution >= 4 is 6.09 Å². The molecular formula is C18H34N2O2. The van der Waals surface area contributed by atoms with Crippen LogP contribution >= 0.6 is 0 Å². The van der Waals surface area contributed by atoms with Crippen molar-refractivity contribution in [1.82, 2.24) is 10.6 Å². The molecule has 0 heterocycles. The summed E-state index contributed by atoms with van der Waals surface area (Å²) in [6, 6.07) is 0.825. The number of ether oxygens (including phenoxy) is 1. The zero-order valence-electron chi connectivity index (χ0n) is 14.6. The minimum Gasteiger partial charge on any atom is -0.444 e. The molecule has 2 saturated carbocycles. The van der Waals surface area contributed by atoms with E-state index in [9.17, 15) is 4.79 Å². The fraction of sp³-hybridized carbons (Fsp3) is 0.944. The molecule has 0 aliphatic heterocycles. The van der Waals surface area contributed by atoms with Gasteiger partial charge >= 0.3 is 6.09 Å². The molecule has 0 aromatic heterocycles. The second-order valence-corrected chi connectivity index (χ2v) is 8.10. The molecule has 2 fully saturated rings. The first kappa shape index (κ1) is 17.6. The number of nitrogens with one attached hydrogen (secondary N) is 2. The molecule has 2 atom stereocenters. The number of carbonyl (C=O) groups excluding carboxylic acids is 1. The lowest BCUT2D eigenvalue weighted by molar-refractivity contribution is 0.0505. The van der Waals surface area contributed by atoms with Gasteiger partial charge in [-0.3, -0.25) is 0 Å². The summed E-state index contributed by atoms with van der Waals surface area (Å²) in [5, 5.41) is 6.69. The Morgan fingerprint density at radius 3 is 2.41 bits per heavy atom. The van der Waals surface area contributed by atoms with Crippen LogP contribution in [0.4, 0.5) is 4.79 Å². The Morgan fingerprint density at radius 2 is 1.73 bits per heavy atom. The second kappa shape index (κ2) is 8.19. The van der Waals surface area contributed by atoms with Crippen molar-refractivity contribution < 1.29 is 9.53 Å². The smallest absolute Gasteiger partial charge is 0.407 e. The first-order valence-corrected chi connectivity index (χ1v) is 9.15. The van der Waals surface area contributed by atoms with Crippen LogP contribution in [0.5, 0.6) is 0 Å². The molecule has 0 saturated heterocycles. The molecule has 4 nitrogen and oxygen atoms in total. The molecule has 0 radical (unpaired) electrons. The number of hydrogen-bond acceptors (Lipinski definition) is 3. The normalized spacial score (nSPS) is 26.9. The maximum absolute atomic E-state index is 11.8. The lowest BCUT2D eigenvalue weighted by atomic mass is 9.87. The molecule has 0 aromatic carbocycles. The highest BCUT2D eigenvalue weighted by Gasteiger charge is 2.27.